The molecule has 3 aliphatic carbocycles. The van der Waals surface area contributed by atoms with E-state index in [2.05, 4.69) is 56.0 Å². The van der Waals surface area contributed by atoms with Gasteiger partial charge in [0.15, 0.2) is 0 Å². The summed E-state index contributed by atoms with van der Waals surface area (Å²) in [5.74, 6) is 3.08. The van der Waals surface area contributed by atoms with Gasteiger partial charge >= 0.3 is 0 Å². The number of hydrogen-bond acceptors (Lipinski definition) is 2. The molecule has 0 aromatic heterocycles. The monoisotopic (exact) mass is 409 g/mol. The first kappa shape index (κ1) is 20.5. The second-order valence-corrected chi connectivity index (χ2v) is 11.5. The molecule has 3 nitrogen and oxygen atoms in total. The summed E-state index contributed by atoms with van der Waals surface area (Å²) in [4.78, 5) is 14.9. The number of piperidine rings is 1. The number of hydrogen-bond donors (Lipinski definition) is 0. The maximum absolute atomic E-state index is 12.8. The van der Waals surface area contributed by atoms with E-state index in [4.69, 9.17) is 4.74 Å². The Hall–Kier alpha value is -1.35. The maximum Gasteiger partial charge on any atom is 0.222 e. The zero-order valence-corrected chi connectivity index (χ0v) is 19.3. The Labute approximate surface area is 182 Å². The highest BCUT2D eigenvalue weighted by Crippen LogP contribution is 2.66. The minimum Gasteiger partial charge on any atom is -0.371 e. The van der Waals surface area contributed by atoms with Crippen molar-refractivity contribution < 1.29 is 9.53 Å². The first-order valence-corrected chi connectivity index (χ1v) is 12.3. The minimum atomic E-state index is 0.119. The average molecular weight is 410 g/mol. The Bertz CT molecular complexity index is 793. The second kappa shape index (κ2) is 7.36. The molecule has 30 heavy (non-hydrogen) atoms. The third-order valence-corrected chi connectivity index (χ3v) is 10.0. The van der Waals surface area contributed by atoms with Gasteiger partial charge in [-0.15, -0.1) is 0 Å². The lowest BCUT2D eigenvalue weighted by Gasteiger charge is -2.65. The Morgan fingerprint density at radius 2 is 1.83 bits per heavy atom. The van der Waals surface area contributed by atoms with E-state index in [1.165, 1.54) is 37.7 Å². The lowest BCUT2D eigenvalue weighted by Crippen LogP contribution is -2.69. The molecule has 0 unspecified atom stereocenters. The van der Waals surface area contributed by atoms with Crippen LogP contribution < -0.4 is 0 Å². The quantitative estimate of drug-likeness (QED) is 0.643. The van der Waals surface area contributed by atoms with E-state index in [0.717, 1.165) is 24.2 Å². The largest absolute Gasteiger partial charge is 0.371 e. The molecule has 3 heteroatoms. The van der Waals surface area contributed by atoms with Crippen LogP contribution in [0, 0.1) is 34.5 Å². The Kier molecular flexibility index (Phi) is 5.04. The lowest BCUT2D eigenvalue weighted by atomic mass is 9.44. The SMILES string of the molecule is C[C@H]1[C@@H](OCc2ccccc2)[C@H]2N(C)C(=O)CC[C@]2(C)[C@H]2CC[C@]3(C)CCC[C@H]3[C@H]12. The standard InChI is InChI=1S/C27H39NO2/c1-18-23-20-11-8-14-26(20,2)15-12-21(23)27(3)16-13-22(29)28(4)25(27)24(18)30-17-19-9-6-5-7-10-19/h5-7,9-10,18,20-21,23-25H,8,11-17H2,1-4H3/t18-,20+,21+,23+,24-,25-,26+,27-/m1/s1. The van der Waals surface area contributed by atoms with E-state index < -0.39 is 0 Å². The predicted octanol–water partition coefficient (Wildman–Crippen LogP) is 5.68. The van der Waals surface area contributed by atoms with Gasteiger partial charge in [-0.25, -0.2) is 0 Å². The molecule has 0 spiro atoms. The number of carbonyl (C=O) groups is 1. The number of rotatable bonds is 3. The third-order valence-electron chi connectivity index (χ3n) is 10.0. The molecule has 4 aliphatic rings. The normalized spacial score (nSPS) is 45.6. The van der Waals surface area contributed by atoms with Gasteiger partial charge in [-0.3, -0.25) is 4.79 Å². The Morgan fingerprint density at radius 3 is 2.60 bits per heavy atom. The van der Waals surface area contributed by atoms with Crippen molar-refractivity contribution in [3.63, 3.8) is 0 Å². The molecule has 5 rings (SSSR count). The van der Waals surface area contributed by atoms with Crippen molar-refractivity contribution in [2.24, 2.45) is 34.5 Å². The van der Waals surface area contributed by atoms with E-state index in [-0.39, 0.29) is 17.6 Å². The predicted molar refractivity (Wildman–Crippen MR) is 120 cm³/mol. The highest BCUT2D eigenvalue weighted by atomic mass is 16.5. The van der Waals surface area contributed by atoms with E-state index in [0.29, 0.717) is 30.3 Å². The number of fused-ring (bicyclic) bond motifs is 5. The van der Waals surface area contributed by atoms with Crippen LogP contribution in [0.5, 0.6) is 0 Å². The van der Waals surface area contributed by atoms with Gasteiger partial charge in [0.05, 0.1) is 18.8 Å². The van der Waals surface area contributed by atoms with Crippen LogP contribution in [0.1, 0.15) is 71.3 Å². The molecule has 1 amide bonds. The molecule has 164 valence electrons. The van der Waals surface area contributed by atoms with Crippen LogP contribution in [-0.2, 0) is 16.1 Å². The highest BCUT2D eigenvalue weighted by molar-refractivity contribution is 5.77. The molecule has 4 fully saturated rings. The fourth-order valence-corrected chi connectivity index (χ4v) is 8.50. The molecule has 8 atom stereocenters. The van der Waals surface area contributed by atoms with E-state index in [9.17, 15) is 4.79 Å². The van der Waals surface area contributed by atoms with Crippen LogP contribution in [-0.4, -0.2) is 30.0 Å². The smallest absolute Gasteiger partial charge is 0.222 e. The zero-order valence-electron chi connectivity index (χ0n) is 19.3. The topological polar surface area (TPSA) is 29.5 Å². The fourth-order valence-electron chi connectivity index (χ4n) is 8.50. The van der Waals surface area contributed by atoms with Crippen molar-refractivity contribution in [1.29, 1.82) is 0 Å². The van der Waals surface area contributed by atoms with Crippen molar-refractivity contribution in [2.75, 3.05) is 7.05 Å². The van der Waals surface area contributed by atoms with E-state index >= 15 is 0 Å². The van der Waals surface area contributed by atoms with Gasteiger partial charge in [0.1, 0.15) is 0 Å². The summed E-state index contributed by atoms with van der Waals surface area (Å²) >= 11 is 0. The molecule has 0 N–H and O–H groups in total. The van der Waals surface area contributed by atoms with Gasteiger partial charge in [0.2, 0.25) is 5.91 Å². The van der Waals surface area contributed by atoms with Gasteiger partial charge in [0, 0.05) is 13.5 Å². The van der Waals surface area contributed by atoms with Crippen LogP contribution in [0.15, 0.2) is 30.3 Å². The number of likely N-dealkylation sites (tertiary alicyclic amines) is 1. The molecule has 1 aromatic rings. The highest BCUT2D eigenvalue weighted by Gasteiger charge is 2.64. The first-order chi connectivity index (χ1) is 14.3. The zero-order chi connectivity index (χ0) is 21.1. The number of ether oxygens (including phenoxy) is 1. The van der Waals surface area contributed by atoms with Crippen LogP contribution in [0.25, 0.3) is 0 Å². The van der Waals surface area contributed by atoms with Crippen molar-refractivity contribution in [3.05, 3.63) is 35.9 Å². The van der Waals surface area contributed by atoms with Crippen LogP contribution in [0.4, 0.5) is 0 Å². The summed E-state index contributed by atoms with van der Waals surface area (Å²) in [6.45, 7) is 8.16. The molecule has 1 heterocycles. The number of carbonyl (C=O) groups excluding carboxylic acids is 1. The molecule has 1 aliphatic heterocycles. The second-order valence-electron chi connectivity index (χ2n) is 11.5. The molecule has 1 aromatic carbocycles. The Morgan fingerprint density at radius 1 is 1.07 bits per heavy atom. The van der Waals surface area contributed by atoms with Gasteiger partial charge in [-0.2, -0.15) is 0 Å². The molecular weight excluding hydrogens is 370 g/mol. The van der Waals surface area contributed by atoms with Crippen molar-refractivity contribution >= 4 is 5.91 Å². The molecular formula is C27H39NO2. The number of nitrogens with zero attached hydrogens (tertiary/aromatic N) is 1. The summed E-state index contributed by atoms with van der Waals surface area (Å²) in [5, 5.41) is 0. The van der Waals surface area contributed by atoms with Gasteiger partial charge < -0.3 is 9.64 Å². The summed E-state index contributed by atoms with van der Waals surface area (Å²) in [7, 11) is 2.04. The van der Waals surface area contributed by atoms with Crippen molar-refractivity contribution in [1.82, 2.24) is 4.90 Å². The number of benzene rings is 1. The summed E-state index contributed by atoms with van der Waals surface area (Å²) < 4.78 is 6.77. The van der Waals surface area contributed by atoms with Crippen LogP contribution in [0.2, 0.25) is 0 Å². The Balaban J connectivity index is 1.51. The first-order valence-electron chi connectivity index (χ1n) is 12.3. The summed E-state index contributed by atoms with van der Waals surface area (Å²) in [5.41, 5.74) is 1.93. The van der Waals surface area contributed by atoms with Crippen LogP contribution in [0.3, 0.4) is 0 Å². The van der Waals surface area contributed by atoms with Gasteiger partial charge in [-0.1, -0.05) is 57.5 Å². The maximum atomic E-state index is 12.8. The van der Waals surface area contributed by atoms with Crippen molar-refractivity contribution in [2.45, 2.75) is 84.5 Å². The molecule has 3 saturated carbocycles. The van der Waals surface area contributed by atoms with Gasteiger partial charge in [-0.05, 0) is 72.2 Å². The number of likely N-dealkylation sites (N-methyl/N-ethyl adjacent to an activating group) is 1. The number of amides is 1. The van der Waals surface area contributed by atoms with E-state index in [1.807, 2.05) is 7.05 Å². The fraction of sp³-hybridized carbons (Fsp3) is 0.741. The lowest BCUT2D eigenvalue weighted by molar-refractivity contribution is -0.210. The average Bonchev–Trinajstić information content (AvgIpc) is 3.14. The molecule has 0 bridgehead atoms. The van der Waals surface area contributed by atoms with Crippen LogP contribution >= 0.6 is 0 Å². The van der Waals surface area contributed by atoms with Gasteiger partial charge in [0.25, 0.3) is 0 Å². The molecule has 0 radical (unpaired) electrons. The third kappa shape index (κ3) is 2.98. The minimum absolute atomic E-state index is 0.119. The van der Waals surface area contributed by atoms with Crippen molar-refractivity contribution in [3.8, 4) is 0 Å². The molecule has 1 saturated heterocycles. The summed E-state index contributed by atoms with van der Waals surface area (Å²) in [6.07, 6.45) is 8.76. The summed E-state index contributed by atoms with van der Waals surface area (Å²) in [6, 6.07) is 10.7. The van der Waals surface area contributed by atoms with E-state index in [1.54, 1.807) is 0 Å².